The molecule has 36 heavy (non-hydrogen) atoms. The molecule has 8 aromatic rings. The van der Waals surface area contributed by atoms with Crippen LogP contribution in [0.3, 0.4) is 0 Å². The third-order valence-electron chi connectivity index (χ3n) is 6.91. The van der Waals surface area contributed by atoms with Crippen LogP contribution in [-0.4, -0.2) is 19.5 Å². The highest BCUT2D eigenvalue weighted by Crippen LogP contribution is 2.43. The van der Waals surface area contributed by atoms with Gasteiger partial charge in [-0.05, 0) is 42.5 Å². The lowest BCUT2D eigenvalue weighted by Gasteiger charge is -2.10. The van der Waals surface area contributed by atoms with E-state index >= 15 is 0 Å². The van der Waals surface area contributed by atoms with E-state index in [2.05, 4.69) is 88.4 Å². The van der Waals surface area contributed by atoms with Gasteiger partial charge in [-0.2, -0.15) is 0 Å². The molecule has 0 saturated heterocycles. The average molecular weight is 479 g/mol. The van der Waals surface area contributed by atoms with Gasteiger partial charge in [-0.25, -0.2) is 9.97 Å². The molecule has 0 unspecified atom stereocenters. The van der Waals surface area contributed by atoms with Crippen molar-refractivity contribution in [1.29, 1.82) is 0 Å². The van der Waals surface area contributed by atoms with Crippen LogP contribution in [0.25, 0.3) is 70.1 Å². The third kappa shape index (κ3) is 2.72. The summed E-state index contributed by atoms with van der Waals surface area (Å²) in [6.07, 6.45) is 3.67. The largest absolute Gasteiger partial charge is 0.292 e. The Morgan fingerprint density at radius 2 is 1.44 bits per heavy atom. The van der Waals surface area contributed by atoms with Crippen molar-refractivity contribution in [3.8, 4) is 17.1 Å². The van der Waals surface area contributed by atoms with Crippen molar-refractivity contribution >= 4 is 64.3 Å². The molecule has 4 nitrogen and oxygen atoms in total. The maximum atomic E-state index is 5.26. The lowest BCUT2D eigenvalue weighted by molar-refractivity contribution is 1.10. The lowest BCUT2D eigenvalue weighted by Crippen LogP contribution is -1.99. The van der Waals surface area contributed by atoms with E-state index in [0.29, 0.717) is 0 Å². The van der Waals surface area contributed by atoms with Crippen LogP contribution in [0.15, 0.2) is 109 Å². The molecule has 168 valence electrons. The van der Waals surface area contributed by atoms with Crippen molar-refractivity contribution in [3.05, 3.63) is 109 Å². The first kappa shape index (κ1) is 19.7. The minimum atomic E-state index is 0.871. The quantitative estimate of drug-likeness (QED) is 0.252. The summed E-state index contributed by atoms with van der Waals surface area (Å²) in [5.74, 6) is 0.871. The molecule has 0 aliphatic rings. The Bertz CT molecular complexity index is 2100. The van der Waals surface area contributed by atoms with Crippen molar-refractivity contribution in [3.63, 3.8) is 0 Å². The molecule has 0 amide bonds. The van der Waals surface area contributed by atoms with E-state index in [-0.39, 0.29) is 0 Å². The summed E-state index contributed by atoms with van der Waals surface area (Å²) in [5.41, 5.74) is 6.13. The summed E-state index contributed by atoms with van der Waals surface area (Å²) < 4.78 is 4.79. The number of hydrogen-bond donors (Lipinski definition) is 0. The Balaban J connectivity index is 1.57. The fourth-order valence-corrected chi connectivity index (χ4v) is 6.55. The zero-order chi connectivity index (χ0) is 23.6. The van der Waals surface area contributed by atoms with E-state index in [4.69, 9.17) is 9.97 Å². The minimum absolute atomic E-state index is 0.871. The number of rotatable bonds is 2. The summed E-state index contributed by atoms with van der Waals surface area (Å²) in [5, 5.41) is 4.74. The number of fused-ring (bicyclic) bond motifs is 8. The molecule has 5 aromatic heterocycles. The zero-order valence-electron chi connectivity index (χ0n) is 19.1. The topological polar surface area (TPSA) is 43.6 Å². The molecule has 0 radical (unpaired) electrons. The lowest BCUT2D eigenvalue weighted by atomic mass is 10.1. The maximum Gasteiger partial charge on any atom is 0.147 e. The van der Waals surface area contributed by atoms with Gasteiger partial charge < -0.3 is 0 Å². The standard InChI is InChI=1S/C31H18N4S/c1-2-7-19(8-3-1)23-13-15-26-29(34-23)28-25(14-12-21-20-9-4-5-11-27(20)36-30(21)28)35(26)31-22-10-6-17-32-24(22)16-18-33-31/h1-18H. The van der Waals surface area contributed by atoms with Crippen molar-refractivity contribution in [1.82, 2.24) is 19.5 Å². The van der Waals surface area contributed by atoms with Crippen LogP contribution in [0.2, 0.25) is 0 Å². The molecule has 0 saturated carbocycles. The monoisotopic (exact) mass is 478 g/mol. The van der Waals surface area contributed by atoms with E-state index in [1.807, 2.05) is 41.9 Å². The molecule has 0 atom stereocenters. The first-order valence-electron chi connectivity index (χ1n) is 11.9. The Labute approximate surface area is 210 Å². The number of thiophene rings is 1. The van der Waals surface area contributed by atoms with E-state index < -0.39 is 0 Å². The van der Waals surface area contributed by atoms with Crippen molar-refractivity contribution in [2.75, 3.05) is 0 Å². The summed E-state index contributed by atoms with van der Waals surface area (Å²) in [4.78, 5) is 14.7. The summed E-state index contributed by atoms with van der Waals surface area (Å²) in [6, 6.07) is 33.8. The van der Waals surface area contributed by atoms with Gasteiger partial charge in [-0.15, -0.1) is 11.3 Å². The summed E-state index contributed by atoms with van der Waals surface area (Å²) in [6.45, 7) is 0. The number of pyridine rings is 3. The molecule has 0 aliphatic carbocycles. The SMILES string of the molecule is c1ccc(-c2ccc3c(n2)c2c4sc5ccccc5c4ccc2n3-c2nccc3ncccc23)cc1. The molecule has 0 N–H and O–H groups in total. The van der Waals surface area contributed by atoms with Crippen LogP contribution in [0, 0.1) is 0 Å². The van der Waals surface area contributed by atoms with Gasteiger partial charge in [-0.3, -0.25) is 9.55 Å². The van der Waals surface area contributed by atoms with Crippen molar-refractivity contribution in [2.24, 2.45) is 0 Å². The second-order valence-corrected chi connectivity index (χ2v) is 9.96. The predicted molar refractivity (Wildman–Crippen MR) is 150 cm³/mol. The van der Waals surface area contributed by atoms with Crippen molar-refractivity contribution in [2.45, 2.75) is 0 Å². The smallest absolute Gasteiger partial charge is 0.147 e. The van der Waals surface area contributed by atoms with Crippen LogP contribution in [0.1, 0.15) is 0 Å². The van der Waals surface area contributed by atoms with E-state index in [1.165, 1.54) is 25.6 Å². The van der Waals surface area contributed by atoms with Crippen LogP contribution < -0.4 is 0 Å². The zero-order valence-corrected chi connectivity index (χ0v) is 19.9. The van der Waals surface area contributed by atoms with E-state index in [0.717, 1.165) is 44.5 Å². The van der Waals surface area contributed by atoms with Gasteiger partial charge >= 0.3 is 0 Å². The fourth-order valence-electron chi connectivity index (χ4n) is 5.30. The molecule has 5 heteroatoms. The number of benzene rings is 3. The summed E-state index contributed by atoms with van der Waals surface area (Å²) in [7, 11) is 0. The molecule has 3 aromatic carbocycles. The Hall–Kier alpha value is -4.61. The second-order valence-electron chi connectivity index (χ2n) is 8.90. The molecule has 0 aliphatic heterocycles. The van der Waals surface area contributed by atoms with Gasteiger partial charge in [0.25, 0.3) is 0 Å². The molecule has 5 heterocycles. The average Bonchev–Trinajstić information content (AvgIpc) is 3.48. The highest BCUT2D eigenvalue weighted by atomic mass is 32.1. The number of aromatic nitrogens is 4. The third-order valence-corrected chi connectivity index (χ3v) is 8.11. The summed E-state index contributed by atoms with van der Waals surface area (Å²) >= 11 is 1.83. The predicted octanol–water partition coefficient (Wildman–Crippen LogP) is 8.16. The van der Waals surface area contributed by atoms with Gasteiger partial charge in [0.15, 0.2) is 0 Å². The molecular weight excluding hydrogens is 460 g/mol. The molecular formula is C31H18N4S. The van der Waals surface area contributed by atoms with Crippen LogP contribution >= 0.6 is 11.3 Å². The van der Waals surface area contributed by atoms with Crippen LogP contribution in [0.5, 0.6) is 0 Å². The van der Waals surface area contributed by atoms with Gasteiger partial charge in [0.1, 0.15) is 5.82 Å². The Morgan fingerprint density at radius 3 is 2.39 bits per heavy atom. The number of nitrogens with zero attached hydrogens (tertiary/aromatic N) is 4. The van der Waals surface area contributed by atoms with Crippen molar-refractivity contribution < 1.29 is 0 Å². The van der Waals surface area contributed by atoms with Gasteiger partial charge in [0.2, 0.25) is 0 Å². The fraction of sp³-hybridized carbons (Fsp3) is 0. The first-order valence-corrected chi connectivity index (χ1v) is 12.7. The number of hydrogen-bond acceptors (Lipinski definition) is 4. The Kier molecular flexibility index (Phi) is 4.07. The Morgan fingerprint density at radius 1 is 0.611 bits per heavy atom. The molecule has 0 bridgehead atoms. The van der Waals surface area contributed by atoms with Crippen LogP contribution in [0.4, 0.5) is 0 Å². The highest BCUT2D eigenvalue weighted by Gasteiger charge is 2.20. The highest BCUT2D eigenvalue weighted by molar-refractivity contribution is 7.26. The molecule has 0 spiro atoms. The molecule has 0 fully saturated rings. The van der Waals surface area contributed by atoms with Gasteiger partial charge in [-0.1, -0.05) is 54.6 Å². The van der Waals surface area contributed by atoms with Gasteiger partial charge in [0.05, 0.1) is 27.8 Å². The van der Waals surface area contributed by atoms with E-state index in [1.54, 1.807) is 0 Å². The molecule has 8 rings (SSSR count). The maximum absolute atomic E-state index is 5.26. The van der Waals surface area contributed by atoms with Gasteiger partial charge in [0, 0.05) is 48.9 Å². The first-order chi connectivity index (χ1) is 17.9. The minimum Gasteiger partial charge on any atom is -0.292 e. The van der Waals surface area contributed by atoms with Crippen LogP contribution in [-0.2, 0) is 0 Å². The normalized spacial score (nSPS) is 11.9. The van der Waals surface area contributed by atoms with E-state index in [9.17, 15) is 0 Å². The second kappa shape index (κ2) is 7.44.